The van der Waals surface area contributed by atoms with Gasteiger partial charge in [0.1, 0.15) is 0 Å². The molecule has 0 amide bonds. The third-order valence-electron chi connectivity index (χ3n) is 10.6. The fraction of sp³-hybridized carbons (Fsp3) is 0. The first-order valence-electron chi connectivity index (χ1n) is 18.0. The monoisotopic (exact) mass is 674 g/mol. The Kier molecular flexibility index (Phi) is 6.52. The Hall–Kier alpha value is -7.17. The van der Waals surface area contributed by atoms with E-state index in [1.165, 1.54) is 38.0 Å². The van der Waals surface area contributed by atoms with Gasteiger partial charge in [0.25, 0.3) is 0 Å². The summed E-state index contributed by atoms with van der Waals surface area (Å²) in [4.78, 5) is 15.8. The van der Waals surface area contributed by atoms with Crippen molar-refractivity contribution in [2.45, 2.75) is 0 Å². The molecular formula is C49H30N4. The summed E-state index contributed by atoms with van der Waals surface area (Å²) in [5.74, 6) is 0.687. The van der Waals surface area contributed by atoms with Crippen LogP contribution in [0, 0.1) is 0 Å². The molecule has 11 rings (SSSR count). The summed E-state index contributed by atoms with van der Waals surface area (Å²) in [5, 5.41) is 9.30. The van der Waals surface area contributed by atoms with E-state index >= 15 is 0 Å². The normalized spacial score (nSPS) is 11.8. The highest BCUT2D eigenvalue weighted by Gasteiger charge is 2.20. The van der Waals surface area contributed by atoms with Crippen LogP contribution in [0.3, 0.4) is 0 Å². The van der Waals surface area contributed by atoms with E-state index < -0.39 is 0 Å². The molecule has 0 unspecified atom stereocenters. The fourth-order valence-corrected chi connectivity index (χ4v) is 8.22. The van der Waals surface area contributed by atoms with E-state index in [0.29, 0.717) is 5.82 Å². The Labute approximate surface area is 305 Å². The van der Waals surface area contributed by atoms with Gasteiger partial charge in [0, 0.05) is 54.7 Å². The molecule has 8 aromatic carbocycles. The van der Waals surface area contributed by atoms with Crippen molar-refractivity contribution < 1.29 is 0 Å². The standard InChI is InChI=1S/C49H30N4/c1-2-18-34(19-3-1)53-43-27-11-8-23-39(43)46-44(53)29-28-40-45(46)37-21-6-9-25-41(37)50-47(40)32-16-12-17-33(30-32)49-51-42-26-10-7-22-38(42)48(52-49)36-24-13-15-31-14-4-5-20-35(31)36/h1-30H. The van der Waals surface area contributed by atoms with E-state index in [9.17, 15) is 0 Å². The minimum absolute atomic E-state index is 0.687. The lowest BCUT2D eigenvalue weighted by atomic mass is 9.95. The van der Waals surface area contributed by atoms with Crippen LogP contribution in [0.2, 0.25) is 0 Å². The molecule has 246 valence electrons. The first-order valence-corrected chi connectivity index (χ1v) is 18.0. The SMILES string of the molecule is c1ccc(-n2c3ccccc3c3c4c(ccc32)c(-c2cccc(-c3nc(-c5cccc6ccccc56)c5ccccc5n3)c2)nc2ccccc24)cc1. The van der Waals surface area contributed by atoms with Gasteiger partial charge in [-0.05, 0) is 53.2 Å². The third kappa shape index (κ3) is 4.59. The number of para-hydroxylation sites is 4. The highest BCUT2D eigenvalue weighted by Crippen LogP contribution is 2.43. The van der Waals surface area contributed by atoms with Crippen LogP contribution in [0.4, 0.5) is 0 Å². The predicted molar refractivity (Wildman–Crippen MR) is 220 cm³/mol. The van der Waals surface area contributed by atoms with Crippen molar-refractivity contribution in [1.82, 2.24) is 19.5 Å². The molecular weight excluding hydrogens is 645 g/mol. The molecule has 4 nitrogen and oxygen atoms in total. The van der Waals surface area contributed by atoms with Crippen molar-refractivity contribution in [2.75, 3.05) is 0 Å². The number of hydrogen-bond acceptors (Lipinski definition) is 3. The minimum Gasteiger partial charge on any atom is -0.309 e. The molecule has 11 aromatic rings. The summed E-state index contributed by atoms with van der Waals surface area (Å²) in [6, 6.07) is 64.2. The summed E-state index contributed by atoms with van der Waals surface area (Å²) in [7, 11) is 0. The van der Waals surface area contributed by atoms with Crippen molar-refractivity contribution in [2.24, 2.45) is 0 Å². The largest absolute Gasteiger partial charge is 0.309 e. The first kappa shape index (κ1) is 29.5. The van der Waals surface area contributed by atoms with Gasteiger partial charge in [0.05, 0.1) is 33.5 Å². The van der Waals surface area contributed by atoms with Gasteiger partial charge < -0.3 is 4.57 Å². The zero-order chi connectivity index (χ0) is 34.9. The smallest absolute Gasteiger partial charge is 0.160 e. The number of fused-ring (bicyclic) bond motifs is 9. The second-order valence-electron chi connectivity index (χ2n) is 13.6. The molecule has 0 aliphatic carbocycles. The summed E-state index contributed by atoms with van der Waals surface area (Å²) in [6.45, 7) is 0. The Balaban J connectivity index is 1.16. The number of aromatic nitrogens is 4. The van der Waals surface area contributed by atoms with Gasteiger partial charge in [0.2, 0.25) is 0 Å². The lowest BCUT2D eigenvalue weighted by Gasteiger charge is -2.14. The molecule has 0 saturated carbocycles. The van der Waals surface area contributed by atoms with Crippen LogP contribution in [-0.4, -0.2) is 19.5 Å². The summed E-state index contributed by atoms with van der Waals surface area (Å²) in [5.41, 5.74) is 10.3. The van der Waals surface area contributed by atoms with Crippen molar-refractivity contribution in [1.29, 1.82) is 0 Å². The van der Waals surface area contributed by atoms with E-state index in [1.54, 1.807) is 0 Å². The number of nitrogens with zero attached hydrogens (tertiary/aromatic N) is 4. The van der Waals surface area contributed by atoms with Crippen LogP contribution < -0.4 is 0 Å². The average Bonchev–Trinajstić information content (AvgIpc) is 3.57. The van der Waals surface area contributed by atoms with Crippen molar-refractivity contribution in [3.63, 3.8) is 0 Å². The lowest BCUT2D eigenvalue weighted by Crippen LogP contribution is -1.96. The zero-order valence-corrected chi connectivity index (χ0v) is 28.6. The predicted octanol–water partition coefficient (Wildman–Crippen LogP) is 12.6. The summed E-state index contributed by atoms with van der Waals surface area (Å²) < 4.78 is 2.38. The highest BCUT2D eigenvalue weighted by molar-refractivity contribution is 6.29. The van der Waals surface area contributed by atoms with E-state index in [1.807, 2.05) is 6.07 Å². The van der Waals surface area contributed by atoms with Crippen LogP contribution in [0.15, 0.2) is 182 Å². The van der Waals surface area contributed by atoms with Crippen LogP contribution >= 0.6 is 0 Å². The molecule has 0 bridgehead atoms. The van der Waals surface area contributed by atoms with Gasteiger partial charge in [-0.3, -0.25) is 0 Å². The number of pyridine rings is 1. The number of hydrogen-bond donors (Lipinski definition) is 0. The maximum absolute atomic E-state index is 5.36. The highest BCUT2D eigenvalue weighted by atomic mass is 15.0. The molecule has 4 heteroatoms. The van der Waals surface area contributed by atoms with E-state index in [2.05, 4.69) is 180 Å². The molecule has 0 spiro atoms. The van der Waals surface area contributed by atoms with E-state index in [-0.39, 0.29) is 0 Å². The van der Waals surface area contributed by atoms with Crippen LogP contribution in [0.1, 0.15) is 0 Å². The van der Waals surface area contributed by atoms with Crippen LogP contribution in [-0.2, 0) is 0 Å². The quantitative estimate of drug-likeness (QED) is 0.175. The molecule has 3 aromatic heterocycles. The fourth-order valence-electron chi connectivity index (χ4n) is 8.22. The molecule has 0 aliphatic rings. The summed E-state index contributed by atoms with van der Waals surface area (Å²) >= 11 is 0. The molecule has 0 radical (unpaired) electrons. The maximum Gasteiger partial charge on any atom is 0.160 e. The van der Waals surface area contributed by atoms with Gasteiger partial charge >= 0.3 is 0 Å². The molecule has 0 fully saturated rings. The Morgan fingerprint density at radius 3 is 1.89 bits per heavy atom. The zero-order valence-electron chi connectivity index (χ0n) is 28.6. The maximum atomic E-state index is 5.36. The first-order chi connectivity index (χ1) is 26.3. The van der Waals surface area contributed by atoms with Crippen LogP contribution in [0.25, 0.3) is 105 Å². The second kappa shape index (κ2) is 11.7. The number of rotatable bonds is 4. The van der Waals surface area contributed by atoms with Gasteiger partial charge in [-0.25, -0.2) is 15.0 Å². The van der Waals surface area contributed by atoms with Gasteiger partial charge in [0.15, 0.2) is 5.82 Å². The van der Waals surface area contributed by atoms with Gasteiger partial charge in [-0.15, -0.1) is 0 Å². The van der Waals surface area contributed by atoms with E-state index in [0.717, 1.165) is 61.0 Å². The molecule has 0 atom stereocenters. The lowest BCUT2D eigenvalue weighted by molar-refractivity contribution is 1.18. The average molecular weight is 675 g/mol. The number of benzene rings is 8. The Morgan fingerprint density at radius 2 is 1.02 bits per heavy atom. The Morgan fingerprint density at radius 1 is 0.358 bits per heavy atom. The molecule has 0 saturated heterocycles. The molecule has 0 N–H and O–H groups in total. The Bertz CT molecular complexity index is 3230. The topological polar surface area (TPSA) is 43.6 Å². The van der Waals surface area contributed by atoms with Crippen LogP contribution in [0.5, 0.6) is 0 Å². The summed E-state index contributed by atoms with van der Waals surface area (Å²) in [6.07, 6.45) is 0. The molecule has 0 aliphatic heterocycles. The minimum atomic E-state index is 0.687. The van der Waals surface area contributed by atoms with Crippen molar-refractivity contribution in [3.8, 4) is 39.6 Å². The van der Waals surface area contributed by atoms with Gasteiger partial charge in [-0.1, -0.05) is 140 Å². The van der Waals surface area contributed by atoms with Gasteiger partial charge in [-0.2, -0.15) is 0 Å². The molecule has 3 heterocycles. The second-order valence-corrected chi connectivity index (χ2v) is 13.6. The molecule has 53 heavy (non-hydrogen) atoms. The third-order valence-corrected chi connectivity index (χ3v) is 10.6. The van der Waals surface area contributed by atoms with Crippen molar-refractivity contribution in [3.05, 3.63) is 182 Å². The van der Waals surface area contributed by atoms with E-state index in [4.69, 9.17) is 15.0 Å². The van der Waals surface area contributed by atoms with Crippen molar-refractivity contribution >= 4 is 65.2 Å².